The van der Waals surface area contributed by atoms with E-state index in [1.807, 2.05) is 6.92 Å². The van der Waals surface area contributed by atoms with Gasteiger partial charge in [0.05, 0.1) is 0 Å². The first-order chi connectivity index (χ1) is 3.15. The molecule has 0 aromatic heterocycles. The van der Waals surface area contributed by atoms with E-state index < -0.39 is 6.09 Å². The van der Waals surface area contributed by atoms with E-state index in [0.717, 1.165) is 5.75 Å². The van der Waals surface area contributed by atoms with Crippen LogP contribution in [0, 0.1) is 0 Å². The molecule has 0 bridgehead atoms. The summed E-state index contributed by atoms with van der Waals surface area (Å²) in [6, 6.07) is 0. The van der Waals surface area contributed by atoms with Crippen LogP contribution in [0.5, 0.6) is 0 Å². The molecule has 0 atom stereocenters. The molecule has 7 heavy (non-hydrogen) atoms. The molecule has 4 heteroatoms. The number of thiol groups is 1. The molecule has 0 saturated heterocycles. The van der Waals surface area contributed by atoms with Crippen molar-refractivity contribution in [3.05, 3.63) is 0 Å². The molecule has 0 fully saturated rings. The van der Waals surface area contributed by atoms with Gasteiger partial charge in [-0.3, -0.25) is 0 Å². The highest BCUT2D eigenvalue weighted by atomic mass is 32.1. The molecule has 0 aromatic rings. The van der Waals surface area contributed by atoms with Gasteiger partial charge in [-0.25, -0.2) is 4.79 Å². The Morgan fingerprint density at radius 2 is 2.00 bits per heavy atom. The number of primary amides is 1. The van der Waals surface area contributed by atoms with E-state index in [1.165, 1.54) is 0 Å². The van der Waals surface area contributed by atoms with Crippen molar-refractivity contribution in [2.24, 2.45) is 5.73 Å². The second-order valence-corrected chi connectivity index (χ2v) is 1.29. The fourth-order valence-electron chi connectivity index (χ4n) is 0. The predicted molar refractivity (Wildman–Crippen MR) is 31.7 cm³/mol. The second kappa shape index (κ2) is 9.15. The molecule has 3 N–H and O–H groups in total. The topological polar surface area (TPSA) is 63.3 Å². The normalized spacial score (nSPS) is 6.00. The van der Waals surface area contributed by atoms with Crippen molar-refractivity contribution >= 4 is 18.7 Å². The quantitative estimate of drug-likeness (QED) is 0.412. The van der Waals surface area contributed by atoms with Gasteiger partial charge in [-0.1, -0.05) is 6.92 Å². The van der Waals surface area contributed by atoms with Crippen molar-refractivity contribution in [1.82, 2.24) is 0 Å². The first kappa shape index (κ1) is 9.80. The molecular weight excluding hydrogens is 114 g/mol. The molecule has 0 aromatic carbocycles. The highest BCUT2D eigenvalue weighted by Crippen LogP contribution is 1.58. The van der Waals surface area contributed by atoms with Crippen molar-refractivity contribution in [2.75, 3.05) is 5.75 Å². The van der Waals surface area contributed by atoms with Crippen LogP contribution in [0.25, 0.3) is 0 Å². The lowest BCUT2D eigenvalue weighted by atomic mass is 11.0. The van der Waals surface area contributed by atoms with E-state index >= 15 is 0 Å². The molecule has 0 aliphatic rings. The fraction of sp³-hybridized carbons (Fsp3) is 0.667. The van der Waals surface area contributed by atoms with Crippen molar-refractivity contribution < 1.29 is 9.90 Å². The number of carboxylic acid groups (broad SMARTS) is 1. The Hall–Kier alpha value is -0.380. The zero-order valence-electron chi connectivity index (χ0n) is 4.09. The third-order valence-corrected chi connectivity index (χ3v) is 0. The summed E-state index contributed by atoms with van der Waals surface area (Å²) in [6.07, 6.45) is -1.33. The van der Waals surface area contributed by atoms with E-state index in [2.05, 4.69) is 18.4 Å². The molecule has 3 nitrogen and oxygen atoms in total. The molecular formula is C3H9NO2S. The van der Waals surface area contributed by atoms with E-state index in [9.17, 15) is 0 Å². The van der Waals surface area contributed by atoms with Gasteiger partial charge in [-0.15, -0.1) is 0 Å². The van der Waals surface area contributed by atoms with Crippen LogP contribution >= 0.6 is 12.6 Å². The minimum atomic E-state index is -1.33. The van der Waals surface area contributed by atoms with Gasteiger partial charge in [0.2, 0.25) is 0 Å². The maximum absolute atomic E-state index is 8.78. The minimum absolute atomic E-state index is 0.944. The van der Waals surface area contributed by atoms with Gasteiger partial charge in [0, 0.05) is 0 Å². The highest BCUT2D eigenvalue weighted by molar-refractivity contribution is 7.80. The molecule has 0 saturated carbocycles. The van der Waals surface area contributed by atoms with Crippen LogP contribution in [0.2, 0.25) is 0 Å². The average Bonchev–Trinajstić information content (AvgIpc) is 1.33. The second-order valence-electron chi connectivity index (χ2n) is 0.654. The summed E-state index contributed by atoms with van der Waals surface area (Å²) in [5.74, 6) is 0.944. The highest BCUT2D eigenvalue weighted by Gasteiger charge is 1.65. The summed E-state index contributed by atoms with van der Waals surface area (Å²) in [5.41, 5.74) is 4.03. The van der Waals surface area contributed by atoms with Crippen LogP contribution in [-0.4, -0.2) is 17.0 Å². The number of amides is 1. The maximum Gasteiger partial charge on any atom is 0.402 e. The van der Waals surface area contributed by atoms with Crippen molar-refractivity contribution in [3.8, 4) is 0 Å². The Kier molecular flexibility index (Phi) is 12.8. The van der Waals surface area contributed by atoms with Crippen molar-refractivity contribution in [3.63, 3.8) is 0 Å². The van der Waals surface area contributed by atoms with Gasteiger partial charge in [-0.2, -0.15) is 12.6 Å². The SMILES string of the molecule is CCS.NC(=O)O. The maximum atomic E-state index is 8.78. The van der Waals surface area contributed by atoms with E-state index in [1.54, 1.807) is 0 Å². The van der Waals surface area contributed by atoms with Crippen LogP contribution < -0.4 is 5.73 Å². The van der Waals surface area contributed by atoms with Gasteiger partial charge in [-0.05, 0) is 5.75 Å². The Labute approximate surface area is 47.9 Å². The van der Waals surface area contributed by atoms with Crippen LogP contribution in [0.1, 0.15) is 6.92 Å². The first-order valence-corrected chi connectivity index (χ1v) is 2.37. The van der Waals surface area contributed by atoms with E-state index in [-0.39, 0.29) is 0 Å². The number of rotatable bonds is 0. The Morgan fingerprint density at radius 1 is 2.00 bits per heavy atom. The standard InChI is InChI=1S/C2H6S.CH3NO2/c1-2-3;2-1(3)4/h3H,2H2,1H3;2H2,(H,3,4). The van der Waals surface area contributed by atoms with Crippen LogP contribution in [-0.2, 0) is 0 Å². The molecule has 0 aliphatic heterocycles. The minimum Gasteiger partial charge on any atom is -0.465 e. The Balaban J connectivity index is 0. The smallest absolute Gasteiger partial charge is 0.402 e. The number of nitrogens with two attached hydrogens (primary N) is 1. The first-order valence-electron chi connectivity index (χ1n) is 1.74. The molecule has 0 radical (unpaired) electrons. The third-order valence-electron chi connectivity index (χ3n) is 0. The monoisotopic (exact) mass is 123 g/mol. The Bertz CT molecular complexity index is 44.2. The van der Waals surface area contributed by atoms with Gasteiger partial charge in [0.15, 0.2) is 0 Å². The fourth-order valence-corrected chi connectivity index (χ4v) is 0. The molecule has 0 aliphatic carbocycles. The summed E-state index contributed by atoms with van der Waals surface area (Å²) in [6.45, 7) is 1.99. The van der Waals surface area contributed by atoms with Gasteiger partial charge in [0.1, 0.15) is 0 Å². The average molecular weight is 123 g/mol. The number of carbonyl (C=O) groups is 1. The summed E-state index contributed by atoms with van der Waals surface area (Å²) >= 11 is 3.79. The molecule has 44 valence electrons. The largest absolute Gasteiger partial charge is 0.465 e. The molecule has 1 amide bonds. The zero-order valence-corrected chi connectivity index (χ0v) is 4.98. The molecule has 0 unspecified atom stereocenters. The summed E-state index contributed by atoms with van der Waals surface area (Å²) in [5, 5.41) is 7.19. The van der Waals surface area contributed by atoms with Crippen molar-refractivity contribution in [1.29, 1.82) is 0 Å². The predicted octanol–water partition coefficient (Wildman–Crippen LogP) is 0.559. The van der Waals surface area contributed by atoms with Crippen LogP contribution in [0.4, 0.5) is 4.79 Å². The lowest BCUT2D eigenvalue weighted by Crippen LogP contribution is -2.03. The number of hydrogen-bond donors (Lipinski definition) is 3. The van der Waals surface area contributed by atoms with Gasteiger partial charge in [0.25, 0.3) is 0 Å². The van der Waals surface area contributed by atoms with Crippen LogP contribution in [0.15, 0.2) is 0 Å². The third kappa shape index (κ3) is 510. The van der Waals surface area contributed by atoms with Crippen molar-refractivity contribution in [2.45, 2.75) is 6.92 Å². The van der Waals surface area contributed by atoms with E-state index in [4.69, 9.17) is 9.90 Å². The van der Waals surface area contributed by atoms with Gasteiger partial charge < -0.3 is 10.8 Å². The molecule has 0 heterocycles. The van der Waals surface area contributed by atoms with E-state index in [0.29, 0.717) is 0 Å². The summed E-state index contributed by atoms with van der Waals surface area (Å²) < 4.78 is 0. The molecule has 0 rings (SSSR count). The molecule has 0 spiro atoms. The van der Waals surface area contributed by atoms with Crippen LogP contribution in [0.3, 0.4) is 0 Å². The summed E-state index contributed by atoms with van der Waals surface area (Å²) in [4.78, 5) is 8.78. The number of hydrogen-bond acceptors (Lipinski definition) is 2. The lowest BCUT2D eigenvalue weighted by Gasteiger charge is -1.61. The Morgan fingerprint density at radius 3 is 2.00 bits per heavy atom. The lowest BCUT2D eigenvalue weighted by molar-refractivity contribution is 0.205. The zero-order chi connectivity index (χ0) is 6.28. The summed E-state index contributed by atoms with van der Waals surface area (Å²) in [7, 11) is 0. The van der Waals surface area contributed by atoms with Gasteiger partial charge >= 0.3 is 6.09 Å².